The van der Waals surface area contributed by atoms with Crippen LogP contribution in [0.2, 0.25) is 0 Å². The summed E-state index contributed by atoms with van der Waals surface area (Å²) < 4.78 is 10.8. The Morgan fingerprint density at radius 2 is 1.86 bits per heavy atom. The van der Waals surface area contributed by atoms with E-state index in [9.17, 15) is 0 Å². The fourth-order valence-corrected chi connectivity index (χ4v) is 3.35. The maximum absolute atomic E-state index is 5.47. The molecule has 1 aliphatic heterocycles. The lowest BCUT2D eigenvalue weighted by Crippen LogP contribution is -2.38. The number of morpholine rings is 1. The first-order chi connectivity index (χ1) is 14.3. The molecule has 1 heterocycles. The van der Waals surface area contributed by atoms with Gasteiger partial charge >= 0.3 is 0 Å². The van der Waals surface area contributed by atoms with E-state index in [1.165, 1.54) is 11.1 Å². The molecule has 0 aliphatic carbocycles. The lowest BCUT2D eigenvalue weighted by atomic mass is 10.1. The third kappa shape index (κ3) is 6.76. The number of methoxy groups -OCH3 is 1. The number of aliphatic imine (C=N–C) groups is 1. The standard InChI is InChI=1S/C23H32N4O2/c1-3-24-23(25-16-19-7-6-10-22(15-19)28-2)26-17-20-8-4-5-9-21(20)18-27-11-13-29-14-12-27/h4-10,15H,3,11-14,16-18H2,1-2H3,(H2,24,25,26). The fraction of sp³-hybridized carbons (Fsp3) is 0.435. The molecule has 2 N–H and O–H groups in total. The monoisotopic (exact) mass is 396 g/mol. The number of nitrogens with one attached hydrogen (secondary N) is 2. The Labute approximate surface area is 173 Å². The third-order valence-electron chi connectivity index (χ3n) is 4.96. The van der Waals surface area contributed by atoms with Crippen LogP contribution >= 0.6 is 0 Å². The summed E-state index contributed by atoms with van der Waals surface area (Å²) >= 11 is 0. The lowest BCUT2D eigenvalue weighted by molar-refractivity contribution is 0.0341. The molecule has 29 heavy (non-hydrogen) atoms. The van der Waals surface area contributed by atoms with Gasteiger partial charge in [-0.3, -0.25) is 4.90 Å². The van der Waals surface area contributed by atoms with Crippen molar-refractivity contribution in [3.05, 3.63) is 65.2 Å². The second kappa shape index (κ2) is 11.4. The molecule has 0 bridgehead atoms. The molecule has 0 radical (unpaired) electrons. The number of guanidine groups is 1. The van der Waals surface area contributed by atoms with Gasteiger partial charge in [0.05, 0.1) is 26.9 Å². The molecule has 156 valence electrons. The van der Waals surface area contributed by atoms with E-state index in [0.29, 0.717) is 6.54 Å². The smallest absolute Gasteiger partial charge is 0.191 e. The van der Waals surface area contributed by atoms with Gasteiger partial charge in [0.25, 0.3) is 0 Å². The van der Waals surface area contributed by atoms with Gasteiger partial charge in [-0.25, -0.2) is 4.99 Å². The lowest BCUT2D eigenvalue weighted by Gasteiger charge is -2.27. The van der Waals surface area contributed by atoms with Crippen LogP contribution in [0.1, 0.15) is 23.6 Å². The molecular weight excluding hydrogens is 364 g/mol. The van der Waals surface area contributed by atoms with Crippen molar-refractivity contribution in [3.63, 3.8) is 0 Å². The van der Waals surface area contributed by atoms with Gasteiger partial charge in [-0.15, -0.1) is 0 Å². The summed E-state index contributed by atoms with van der Waals surface area (Å²) in [6.07, 6.45) is 0. The minimum atomic E-state index is 0.599. The van der Waals surface area contributed by atoms with Gasteiger partial charge in [0.15, 0.2) is 5.96 Å². The van der Waals surface area contributed by atoms with E-state index >= 15 is 0 Å². The van der Waals surface area contributed by atoms with Gasteiger partial charge in [-0.05, 0) is 35.7 Å². The van der Waals surface area contributed by atoms with E-state index < -0.39 is 0 Å². The summed E-state index contributed by atoms with van der Waals surface area (Å²) in [6, 6.07) is 16.6. The summed E-state index contributed by atoms with van der Waals surface area (Å²) in [5.74, 6) is 1.67. The van der Waals surface area contributed by atoms with Gasteiger partial charge in [0, 0.05) is 32.7 Å². The summed E-state index contributed by atoms with van der Waals surface area (Å²) in [5, 5.41) is 6.81. The topological polar surface area (TPSA) is 58.1 Å². The molecule has 2 aromatic rings. The Balaban J connectivity index is 1.62. The molecule has 1 fully saturated rings. The first kappa shape index (κ1) is 21.1. The predicted molar refractivity (Wildman–Crippen MR) is 117 cm³/mol. The van der Waals surface area contributed by atoms with Crippen molar-refractivity contribution in [1.29, 1.82) is 0 Å². The molecular formula is C23H32N4O2. The molecule has 6 heteroatoms. The van der Waals surface area contributed by atoms with Crippen LogP contribution in [0.3, 0.4) is 0 Å². The van der Waals surface area contributed by atoms with Crippen molar-refractivity contribution >= 4 is 5.96 Å². The maximum atomic E-state index is 5.47. The molecule has 0 aromatic heterocycles. The quantitative estimate of drug-likeness (QED) is 0.531. The zero-order valence-corrected chi connectivity index (χ0v) is 17.5. The van der Waals surface area contributed by atoms with Gasteiger partial charge in [0.1, 0.15) is 5.75 Å². The molecule has 0 saturated carbocycles. The molecule has 0 unspecified atom stereocenters. The Morgan fingerprint density at radius 1 is 1.07 bits per heavy atom. The van der Waals surface area contributed by atoms with Crippen molar-refractivity contribution in [1.82, 2.24) is 15.5 Å². The van der Waals surface area contributed by atoms with Crippen LogP contribution in [0.25, 0.3) is 0 Å². The Bertz CT molecular complexity index is 788. The molecule has 0 amide bonds. The van der Waals surface area contributed by atoms with Crippen molar-refractivity contribution < 1.29 is 9.47 Å². The summed E-state index contributed by atoms with van der Waals surface area (Å²) in [4.78, 5) is 7.18. The zero-order valence-electron chi connectivity index (χ0n) is 17.5. The van der Waals surface area contributed by atoms with Crippen LogP contribution in [0.5, 0.6) is 5.75 Å². The normalized spacial score (nSPS) is 15.2. The number of rotatable bonds is 8. The van der Waals surface area contributed by atoms with Crippen LogP contribution in [-0.2, 0) is 24.4 Å². The highest BCUT2D eigenvalue weighted by Crippen LogP contribution is 2.14. The molecule has 2 aromatic carbocycles. The highest BCUT2D eigenvalue weighted by molar-refractivity contribution is 5.79. The Morgan fingerprint density at radius 3 is 2.62 bits per heavy atom. The van der Waals surface area contributed by atoms with Crippen molar-refractivity contribution in [3.8, 4) is 5.75 Å². The van der Waals surface area contributed by atoms with Crippen LogP contribution < -0.4 is 15.4 Å². The second-order valence-corrected chi connectivity index (χ2v) is 7.06. The summed E-state index contributed by atoms with van der Waals surface area (Å²) in [5.41, 5.74) is 3.77. The van der Waals surface area contributed by atoms with Crippen LogP contribution in [0, 0.1) is 0 Å². The van der Waals surface area contributed by atoms with E-state index in [2.05, 4.69) is 52.8 Å². The Hall–Kier alpha value is -2.57. The van der Waals surface area contributed by atoms with E-state index in [1.54, 1.807) is 7.11 Å². The fourth-order valence-electron chi connectivity index (χ4n) is 3.35. The van der Waals surface area contributed by atoms with Crippen LogP contribution in [-0.4, -0.2) is 50.8 Å². The predicted octanol–water partition coefficient (Wildman–Crippen LogP) is 2.78. The number of hydrogen-bond donors (Lipinski definition) is 2. The van der Waals surface area contributed by atoms with E-state index in [1.807, 2.05) is 18.2 Å². The minimum absolute atomic E-state index is 0.599. The largest absolute Gasteiger partial charge is 0.497 e. The van der Waals surface area contributed by atoms with E-state index in [4.69, 9.17) is 14.5 Å². The van der Waals surface area contributed by atoms with Gasteiger partial charge < -0.3 is 20.1 Å². The number of benzene rings is 2. The highest BCUT2D eigenvalue weighted by atomic mass is 16.5. The highest BCUT2D eigenvalue weighted by Gasteiger charge is 2.12. The summed E-state index contributed by atoms with van der Waals surface area (Å²) in [7, 11) is 1.68. The van der Waals surface area contributed by atoms with Gasteiger partial charge in [-0.1, -0.05) is 36.4 Å². The molecule has 0 atom stereocenters. The van der Waals surface area contributed by atoms with Crippen LogP contribution in [0.15, 0.2) is 53.5 Å². The number of ether oxygens (including phenoxy) is 2. The molecule has 0 spiro atoms. The average Bonchev–Trinajstić information content (AvgIpc) is 2.77. The Kier molecular flexibility index (Phi) is 8.34. The zero-order chi connectivity index (χ0) is 20.3. The minimum Gasteiger partial charge on any atom is -0.497 e. The van der Waals surface area contributed by atoms with Crippen molar-refractivity contribution in [2.45, 2.75) is 26.6 Å². The summed E-state index contributed by atoms with van der Waals surface area (Å²) in [6.45, 7) is 8.82. The van der Waals surface area contributed by atoms with Crippen molar-refractivity contribution in [2.24, 2.45) is 4.99 Å². The first-order valence-corrected chi connectivity index (χ1v) is 10.3. The van der Waals surface area contributed by atoms with Gasteiger partial charge in [0.2, 0.25) is 0 Å². The van der Waals surface area contributed by atoms with E-state index in [-0.39, 0.29) is 0 Å². The first-order valence-electron chi connectivity index (χ1n) is 10.3. The molecule has 1 aliphatic rings. The third-order valence-corrected chi connectivity index (χ3v) is 4.96. The number of nitrogens with zero attached hydrogens (tertiary/aromatic N) is 2. The average molecular weight is 397 g/mol. The maximum Gasteiger partial charge on any atom is 0.191 e. The van der Waals surface area contributed by atoms with Gasteiger partial charge in [-0.2, -0.15) is 0 Å². The van der Waals surface area contributed by atoms with E-state index in [0.717, 1.165) is 63.2 Å². The van der Waals surface area contributed by atoms with Crippen LogP contribution in [0.4, 0.5) is 0 Å². The second-order valence-electron chi connectivity index (χ2n) is 7.06. The van der Waals surface area contributed by atoms with Crippen molar-refractivity contribution in [2.75, 3.05) is 40.0 Å². The molecule has 6 nitrogen and oxygen atoms in total. The molecule has 3 rings (SSSR count). The SMILES string of the molecule is CCNC(=NCc1cccc(OC)c1)NCc1ccccc1CN1CCOCC1. The molecule has 1 saturated heterocycles. The number of hydrogen-bond acceptors (Lipinski definition) is 4.